The predicted octanol–water partition coefficient (Wildman–Crippen LogP) is 0.959. The van der Waals surface area contributed by atoms with Gasteiger partial charge < -0.3 is 10.1 Å². The van der Waals surface area contributed by atoms with Crippen LogP contribution in [0.15, 0.2) is 18.9 Å². The van der Waals surface area contributed by atoms with Crippen molar-refractivity contribution in [2.45, 2.75) is 0 Å². The predicted molar refractivity (Wildman–Crippen MR) is 56.9 cm³/mol. The summed E-state index contributed by atoms with van der Waals surface area (Å²) >= 11 is 0. The van der Waals surface area contributed by atoms with E-state index in [1.54, 1.807) is 19.3 Å². The number of H-pyrrole nitrogens is 1. The van der Waals surface area contributed by atoms with Gasteiger partial charge in [0.15, 0.2) is 5.65 Å². The fraction of sp³-hybridized carbons (Fsp3) is 0.222. The Bertz CT molecular complexity index is 478. The molecule has 0 aliphatic carbocycles. The number of rotatable bonds is 4. The lowest BCUT2D eigenvalue weighted by molar-refractivity contribution is 0.353. The number of hydrogen-bond acceptors (Lipinski definition) is 5. The number of aromatic nitrogens is 4. The van der Waals surface area contributed by atoms with Crippen LogP contribution in [0.4, 0.5) is 5.95 Å². The molecular formula is C9H11N5O. The van der Waals surface area contributed by atoms with Crippen LogP contribution in [0.25, 0.3) is 11.0 Å². The summed E-state index contributed by atoms with van der Waals surface area (Å²) < 4.78 is 5.40. The summed E-state index contributed by atoms with van der Waals surface area (Å²) in [5, 5.41) is 10.3. The molecule has 0 aliphatic rings. The minimum Gasteiger partial charge on any atom is -0.473 e. The molecule has 0 aromatic carbocycles. The maximum absolute atomic E-state index is 5.40. The van der Waals surface area contributed by atoms with Crippen LogP contribution in [-0.2, 0) is 0 Å². The number of hydrogen-bond donors (Lipinski definition) is 2. The molecule has 0 unspecified atom stereocenters. The number of nitrogens with one attached hydrogen (secondary N) is 2. The number of anilines is 1. The average molecular weight is 205 g/mol. The van der Waals surface area contributed by atoms with Crippen LogP contribution in [0.5, 0.6) is 5.88 Å². The molecule has 0 bridgehead atoms. The zero-order chi connectivity index (χ0) is 10.7. The second-order valence-corrected chi connectivity index (χ2v) is 2.83. The zero-order valence-corrected chi connectivity index (χ0v) is 8.32. The van der Waals surface area contributed by atoms with Gasteiger partial charge in [0.1, 0.15) is 12.0 Å². The third kappa shape index (κ3) is 1.74. The molecule has 0 radical (unpaired) electrons. The van der Waals surface area contributed by atoms with Gasteiger partial charge >= 0.3 is 0 Å². The SMILES string of the molecule is C=CCOc1nc(NC)nc2[nH]ncc12. The van der Waals surface area contributed by atoms with Crippen molar-refractivity contribution in [3.63, 3.8) is 0 Å². The summed E-state index contributed by atoms with van der Waals surface area (Å²) in [6.45, 7) is 3.98. The molecule has 0 spiro atoms. The second kappa shape index (κ2) is 3.95. The van der Waals surface area contributed by atoms with Crippen LogP contribution in [0.2, 0.25) is 0 Å². The molecule has 2 rings (SSSR count). The van der Waals surface area contributed by atoms with Crippen molar-refractivity contribution in [2.24, 2.45) is 0 Å². The van der Waals surface area contributed by atoms with Crippen LogP contribution in [0.3, 0.4) is 0 Å². The number of ether oxygens (including phenoxy) is 1. The molecule has 2 heterocycles. The molecule has 15 heavy (non-hydrogen) atoms. The molecule has 2 aromatic heterocycles. The lowest BCUT2D eigenvalue weighted by Gasteiger charge is -2.04. The van der Waals surface area contributed by atoms with Crippen molar-refractivity contribution >= 4 is 17.0 Å². The zero-order valence-electron chi connectivity index (χ0n) is 8.32. The molecule has 2 aromatic rings. The van der Waals surface area contributed by atoms with E-state index in [9.17, 15) is 0 Å². The highest BCUT2D eigenvalue weighted by atomic mass is 16.5. The van der Waals surface area contributed by atoms with Crippen molar-refractivity contribution in [3.05, 3.63) is 18.9 Å². The van der Waals surface area contributed by atoms with Gasteiger partial charge in [-0.2, -0.15) is 15.1 Å². The van der Waals surface area contributed by atoms with Crippen molar-refractivity contribution in [1.82, 2.24) is 20.2 Å². The smallest absolute Gasteiger partial charge is 0.229 e. The molecular weight excluding hydrogens is 194 g/mol. The van der Waals surface area contributed by atoms with Gasteiger partial charge in [0.25, 0.3) is 0 Å². The molecule has 0 atom stereocenters. The molecule has 6 nitrogen and oxygen atoms in total. The van der Waals surface area contributed by atoms with E-state index in [-0.39, 0.29) is 0 Å². The van der Waals surface area contributed by atoms with E-state index in [1.807, 2.05) is 0 Å². The summed E-state index contributed by atoms with van der Waals surface area (Å²) in [6.07, 6.45) is 3.29. The minimum atomic E-state index is 0.403. The Morgan fingerprint density at radius 2 is 2.47 bits per heavy atom. The van der Waals surface area contributed by atoms with Crippen LogP contribution in [-0.4, -0.2) is 33.8 Å². The Morgan fingerprint density at radius 1 is 1.60 bits per heavy atom. The van der Waals surface area contributed by atoms with E-state index >= 15 is 0 Å². The fourth-order valence-corrected chi connectivity index (χ4v) is 1.17. The molecule has 0 fully saturated rings. The number of fused-ring (bicyclic) bond motifs is 1. The van der Waals surface area contributed by atoms with Gasteiger partial charge in [0, 0.05) is 7.05 Å². The first-order valence-electron chi connectivity index (χ1n) is 4.47. The Balaban J connectivity index is 2.48. The van der Waals surface area contributed by atoms with Crippen LogP contribution >= 0.6 is 0 Å². The third-order valence-electron chi connectivity index (χ3n) is 1.84. The molecule has 0 saturated carbocycles. The van der Waals surface area contributed by atoms with Crippen molar-refractivity contribution < 1.29 is 4.74 Å². The van der Waals surface area contributed by atoms with Gasteiger partial charge in [0.05, 0.1) is 6.20 Å². The summed E-state index contributed by atoms with van der Waals surface area (Å²) in [5.41, 5.74) is 0.647. The van der Waals surface area contributed by atoms with Gasteiger partial charge in [0.2, 0.25) is 11.8 Å². The summed E-state index contributed by atoms with van der Waals surface area (Å²) in [5.74, 6) is 0.990. The first-order valence-corrected chi connectivity index (χ1v) is 4.47. The summed E-state index contributed by atoms with van der Waals surface area (Å²) in [7, 11) is 1.74. The molecule has 0 amide bonds. The highest BCUT2D eigenvalue weighted by Gasteiger charge is 2.08. The highest BCUT2D eigenvalue weighted by Crippen LogP contribution is 2.21. The van der Waals surface area contributed by atoms with E-state index in [4.69, 9.17) is 4.74 Å². The van der Waals surface area contributed by atoms with E-state index in [1.165, 1.54) is 0 Å². The van der Waals surface area contributed by atoms with E-state index < -0.39 is 0 Å². The van der Waals surface area contributed by atoms with Crippen LogP contribution in [0.1, 0.15) is 0 Å². The quantitative estimate of drug-likeness (QED) is 0.727. The second-order valence-electron chi connectivity index (χ2n) is 2.83. The fourth-order valence-electron chi connectivity index (χ4n) is 1.17. The highest BCUT2D eigenvalue weighted by molar-refractivity contribution is 5.80. The third-order valence-corrected chi connectivity index (χ3v) is 1.84. The molecule has 6 heteroatoms. The monoisotopic (exact) mass is 205 g/mol. The summed E-state index contributed by atoms with van der Waals surface area (Å²) in [6, 6.07) is 0. The normalized spacial score (nSPS) is 10.2. The molecule has 2 N–H and O–H groups in total. The topological polar surface area (TPSA) is 75.7 Å². The number of aromatic amines is 1. The van der Waals surface area contributed by atoms with Gasteiger partial charge in [-0.05, 0) is 0 Å². The lowest BCUT2D eigenvalue weighted by Crippen LogP contribution is -2.01. The number of nitrogens with zero attached hydrogens (tertiary/aromatic N) is 3. The first-order chi connectivity index (χ1) is 7.35. The van der Waals surface area contributed by atoms with Gasteiger partial charge in [-0.3, -0.25) is 5.10 Å². The Morgan fingerprint density at radius 3 is 3.20 bits per heavy atom. The van der Waals surface area contributed by atoms with Crippen molar-refractivity contribution in [2.75, 3.05) is 19.0 Å². The Kier molecular flexibility index (Phi) is 2.49. The lowest BCUT2D eigenvalue weighted by atomic mass is 10.4. The minimum absolute atomic E-state index is 0.403. The van der Waals surface area contributed by atoms with Crippen molar-refractivity contribution in [3.8, 4) is 5.88 Å². The van der Waals surface area contributed by atoms with Gasteiger partial charge in [-0.15, -0.1) is 0 Å². The van der Waals surface area contributed by atoms with E-state index in [0.29, 0.717) is 24.1 Å². The Labute approximate surface area is 86.4 Å². The molecule has 0 saturated heterocycles. The standard InChI is InChI=1S/C9H11N5O/c1-3-4-15-8-6-5-11-14-7(6)12-9(10-2)13-8/h3,5H,1,4H2,2H3,(H2,10,11,12,13,14). The molecule has 0 aliphatic heterocycles. The van der Waals surface area contributed by atoms with Gasteiger partial charge in [-0.25, -0.2) is 0 Å². The Hall–Kier alpha value is -2.11. The van der Waals surface area contributed by atoms with Crippen LogP contribution < -0.4 is 10.1 Å². The van der Waals surface area contributed by atoms with Crippen LogP contribution in [0, 0.1) is 0 Å². The first kappa shape index (κ1) is 9.45. The summed E-state index contributed by atoms with van der Waals surface area (Å²) in [4.78, 5) is 8.35. The van der Waals surface area contributed by atoms with E-state index in [2.05, 4.69) is 32.1 Å². The van der Waals surface area contributed by atoms with Crippen molar-refractivity contribution in [1.29, 1.82) is 0 Å². The average Bonchev–Trinajstić information content (AvgIpc) is 2.73. The van der Waals surface area contributed by atoms with E-state index in [0.717, 1.165) is 5.39 Å². The largest absolute Gasteiger partial charge is 0.473 e. The van der Waals surface area contributed by atoms with Gasteiger partial charge in [-0.1, -0.05) is 12.7 Å². The molecule has 78 valence electrons. The maximum Gasteiger partial charge on any atom is 0.229 e. The maximum atomic E-state index is 5.40.